The van der Waals surface area contributed by atoms with Crippen molar-refractivity contribution in [2.24, 2.45) is 0 Å². The van der Waals surface area contributed by atoms with Gasteiger partial charge < -0.3 is 5.32 Å². The smallest absolute Gasteiger partial charge is 0.161 e. The highest BCUT2D eigenvalue weighted by atomic mass is 14.9. The lowest BCUT2D eigenvalue weighted by Gasteiger charge is -2.17. The van der Waals surface area contributed by atoms with Crippen LogP contribution in [0.1, 0.15) is 36.7 Å². The second-order valence-corrected chi connectivity index (χ2v) is 5.08. The lowest BCUT2D eigenvalue weighted by molar-refractivity contribution is 0.624. The van der Waals surface area contributed by atoms with E-state index in [4.69, 9.17) is 0 Å². The second-order valence-electron chi connectivity index (χ2n) is 5.08. The highest BCUT2D eigenvalue weighted by Crippen LogP contribution is 2.23. The van der Waals surface area contributed by atoms with Crippen LogP contribution in [0.3, 0.4) is 0 Å². The Morgan fingerprint density at radius 2 is 1.90 bits per heavy atom. The highest BCUT2D eigenvalue weighted by molar-refractivity contribution is 5.54. The van der Waals surface area contributed by atoms with E-state index in [0.29, 0.717) is 5.92 Å². The van der Waals surface area contributed by atoms with Crippen molar-refractivity contribution < 1.29 is 0 Å². The van der Waals surface area contributed by atoms with E-state index in [-0.39, 0.29) is 0 Å². The number of pyridine rings is 1. The van der Waals surface area contributed by atoms with Crippen LogP contribution in [-0.4, -0.2) is 28.0 Å². The molecular formula is C16H22N4. The molecule has 0 saturated heterocycles. The molecule has 2 rings (SSSR count). The van der Waals surface area contributed by atoms with Gasteiger partial charge in [-0.25, -0.2) is 9.97 Å². The first-order valence-corrected chi connectivity index (χ1v) is 7.09. The molecule has 0 aliphatic heterocycles. The molecule has 2 aromatic heterocycles. The quantitative estimate of drug-likeness (QED) is 0.907. The largest absolute Gasteiger partial charge is 0.316 e. The summed E-state index contributed by atoms with van der Waals surface area (Å²) in [6.45, 7) is 10.4. The first-order chi connectivity index (χ1) is 9.63. The SMILES string of the molecule is CCNCC(C)c1c(C)nc(-c2cccnc2)nc1C. The summed E-state index contributed by atoms with van der Waals surface area (Å²) in [5.74, 6) is 1.17. The minimum absolute atomic E-state index is 0.415. The van der Waals surface area contributed by atoms with Crippen molar-refractivity contribution in [2.75, 3.05) is 13.1 Å². The van der Waals surface area contributed by atoms with Crippen LogP contribution in [0.2, 0.25) is 0 Å². The Labute approximate surface area is 120 Å². The summed E-state index contributed by atoms with van der Waals surface area (Å²) < 4.78 is 0. The van der Waals surface area contributed by atoms with Crippen LogP contribution in [0.25, 0.3) is 11.4 Å². The molecule has 0 amide bonds. The maximum Gasteiger partial charge on any atom is 0.161 e. The van der Waals surface area contributed by atoms with Crippen molar-refractivity contribution >= 4 is 0 Å². The number of rotatable bonds is 5. The number of aryl methyl sites for hydroxylation is 2. The Bertz CT molecular complexity index is 543. The molecule has 20 heavy (non-hydrogen) atoms. The van der Waals surface area contributed by atoms with Crippen molar-refractivity contribution in [1.82, 2.24) is 20.3 Å². The third-order valence-electron chi connectivity index (χ3n) is 3.44. The normalized spacial score (nSPS) is 12.4. The third kappa shape index (κ3) is 3.20. The van der Waals surface area contributed by atoms with Crippen molar-refractivity contribution in [2.45, 2.75) is 33.6 Å². The standard InChI is InChI=1S/C16H22N4/c1-5-17-9-11(2)15-12(3)19-16(20-13(15)4)14-7-6-8-18-10-14/h6-8,10-11,17H,5,9H2,1-4H3. The van der Waals surface area contributed by atoms with Crippen LogP contribution in [-0.2, 0) is 0 Å². The summed E-state index contributed by atoms with van der Waals surface area (Å²) in [7, 11) is 0. The van der Waals surface area contributed by atoms with Gasteiger partial charge in [0.2, 0.25) is 0 Å². The van der Waals surface area contributed by atoms with Crippen molar-refractivity contribution in [3.05, 3.63) is 41.5 Å². The van der Waals surface area contributed by atoms with Gasteiger partial charge in [0.1, 0.15) is 0 Å². The lowest BCUT2D eigenvalue weighted by atomic mass is 9.97. The Balaban J connectivity index is 2.34. The third-order valence-corrected chi connectivity index (χ3v) is 3.44. The molecule has 0 aromatic carbocycles. The minimum atomic E-state index is 0.415. The topological polar surface area (TPSA) is 50.7 Å². The molecule has 1 atom stereocenters. The zero-order valence-corrected chi connectivity index (χ0v) is 12.6. The maximum atomic E-state index is 4.65. The van der Waals surface area contributed by atoms with Crippen LogP contribution in [0.4, 0.5) is 0 Å². The van der Waals surface area contributed by atoms with Gasteiger partial charge >= 0.3 is 0 Å². The van der Waals surface area contributed by atoms with Gasteiger partial charge in [-0.15, -0.1) is 0 Å². The van der Waals surface area contributed by atoms with Gasteiger partial charge in [0.25, 0.3) is 0 Å². The van der Waals surface area contributed by atoms with Crippen LogP contribution in [0.5, 0.6) is 0 Å². The molecule has 4 heteroatoms. The van der Waals surface area contributed by atoms with E-state index in [1.165, 1.54) is 5.56 Å². The summed E-state index contributed by atoms with van der Waals surface area (Å²) in [4.78, 5) is 13.4. The van der Waals surface area contributed by atoms with E-state index in [2.05, 4.69) is 48.0 Å². The molecule has 2 heterocycles. The van der Waals surface area contributed by atoms with Crippen LogP contribution in [0.15, 0.2) is 24.5 Å². The summed E-state index contributed by atoms with van der Waals surface area (Å²) in [6.07, 6.45) is 3.56. The van der Waals surface area contributed by atoms with Gasteiger partial charge in [0.05, 0.1) is 0 Å². The van der Waals surface area contributed by atoms with Crippen LogP contribution in [0, 0.1) is 13.8 Å². The fourth-order valence-corrected chi connectivity index (χ4v) is 2.53. The van der Waals surface area contributed by atoms with Crippen LogP contribution >= 0.6 is 0 Å². The molecule has 0 aliphatic rings. The van der Waals surface area contributed by atoms with Gasteiger partial charge in [0.15, 0.2) is 5.82 Å². The summed E-state index contributed by atoms with van der Waals surface area (Å²) in [6, 6.07) is 3.90. The molecule has 0 bridgehead atoms. The summed E-state index contributed by atoms with van der Waals surface area (Å²) in [5, 5.41) is 3.38. The van der Waals surface area contributed by atoms with Gasteiger partial charge in [0, 0.05) is 35.9 Å². The molecule has 0 saturated carbocycles. The lowest BCUT2D eigenvalue weighted by Crippen LogP contribution is -2.21. The molecule has 0 spiro atoms. The highest BCUT2D eigenvalue weighted by Gasteiger charge is 2.15. The van der Waals surface area contributed by atoms with Crippen molar-refractivity contribution in [3.8, 4) is 11.4 Å². The molecule has 0 radical (unpaired) electrons. The number of hydrogen-bond donors (Lipinski definition) is 1. The van der Waals surface area contributed by atoms with E-state index >= 15 is 0 Å². The molecule has 2 aromatic rings. The molecule has 0 aliphatic carbocycles. The van der Waals surface area contributed by atoms with E-state index < -0.39 is 0 Å². The number of nitrogens with zero attached hydrogens (tertiary/aromatic N) is 3. The number of likely N-dealkylation sites (N-methyl/N-ethyl adjacent to an activating group) is 1. The second kappa shape index (κ2) is 6.57. The first kappa shape index (κ1) is 14.6. The molecule has 0 fully saturated rings. The minimum Gasteiger partial charge on any atom is -0.316 e. The van der Waals surface area contributed by atoms with Gasteiger partial charge in [-0.1, -0.05) is 13.8 Å². The predicted molar refractivity (Wildman–Crippen MR) is 81.7 cm³/mol. The van der Waals surface area contributed by atoms with Gasteiger partial charge in [-0.3, -0.25) is 4.98 Å². The Morgan fingerprint density at radius 1 is 1.20 bits per heavy atom. The fourth-order valence-electron chi connectivity index (χ4n) is 2.53. The maximum absolute atomic E-state index is 4.65. The summed E-state index contributed by atoms with van der Waals surface area (Å²) >= 11 is 0. The first-order valence-electron chi connectivity index (χ1n) is 7.09. The van der Waals surface area contributed by atoms with E-state index in [1.807, 2.05) is 12.1 Å². The Morgan fingerprint density at radius 3 is 2.45 bits per heavy atom. The van der Waals surface area contributed by atoms with E-state index in [0.717, 1.165) is 35.9 Å². The summed E-state index contributed by atoms with van der Waals surface area (Å²) in [5.41, 5.74) is 4.33. The van der Waals surface area contributed by atoms with Crippen molar-refractivity contribution in [3.63, 3.8) is 0 Å². The fraction of sp³-hybridized carbons (Fsp3) is 0.438. The molecule has 106 valence electrons. The molecule has 1 N–H and O–H groups in total. The monoisotopic (exact) mass is 270 g/mol. The average Bonchev–Trinajstić information content (AvgIpc) is 2.45. The zero-order chi connectivity index (χ0) is 14.5. The Hall–Kier alpha value is -1.81. The van der Waals surface area contributed by atoms with E-state index in [9.17, 15) is 0 Å². The Kier molecular flexibility index (Phi) is 4.79. The van der Waals surface area contributed by atoms with Gasteiger partial charge in [-0.05, 0) is 44.0 Å². The molecule has 4 nitrogen and oxygen atoms in total. The predicted octanol–water partition coefficient (Wildman–Crippen LogP) is 2.87. The number of hydrogen-bond acceptors (Lipinski definition) is 4. The van der Waals surface area contributed by atoms with Gasteiger partial charge in [-0.2, -0.15) is 0 Å². The van der Waals surface area contributed by atoms with Crippen molar-refractivity contribution in [1.29, 1.82) is 0 Å². The van der Waals surface area contributed by atoms with Crippen LogP contribution < -0.4 is 5.32 Å². The average molecular weight is 270 g/mol. The van der Waals surface area contributed by atoms with E-state index in [1.54, 1.807) is 12.4 Å². The number of aromatic nitrogens is 3. The zero-order valence-electron chi connectivity index (χ0n) is 12.6. The number of nitrogens with one attached hydrogen (secondary N) is 1. The molecule has 1 unspecified atom stereocenters. The molecular weight excluding hydrogens is 248 g/mol.